The minimum atomic E-state index is -0.657. The summed E-state index contributed by atoms with van der Waals surface area (Å²) in [6.45, 7) is 3.94. The van der Waals surface area contributed by atoms with E-state index in [2.05, 4.69) is 20.9 Å². The molecule has 0 fully saturated rings. The van der Waals surface area contributed by atoms with Gasteiger partial charge in [0, 0.05) is 12.1 Å². The van der Waals surface area contributed by atoms with Crippen molar-refractivity contribution in [2.24, 2.45) is 11.7 Å². The van der Waals surface area contributed by atoms with Gasteiger partial charge in [-0.05, 0) is 27.9 Å². The Kier molecular flexibility index (Phi) is 4.01. The Morgan fingerprint density at radius 3 is 2.58 bits per heavy atom. The minimum Gasteiger partial charge on any atom is -0.322 e. The highest BCUT2D eigenvalue weighted by Gasteiger charge is 2.18. The van der Waals surface area contributed by atoms with Crippen molar-refractivity contribution in [3.8, 4) is 5.69 Å². The highest BCUT2D eigenvalue weighted by Crippen LogP contribution is 2.27. The van der Waals surface area contributed by atoms with Crippen LogP contribution in [-0.2, 0) is 0 Å². The molecule has 2 N–H and O–H groups in total. The molecule has 0 spiro atoms. The number of hydrogen-bond donors (Lipinski definition) is 1. The molecule has 1 atom stereocenters. The van der Waals surface area contributed by atoms with Gasteiger partial charge in [0.15, 0.2) is 0 Å². The van der Waals surface area contributed by atoms with Crippen molar-refractivity contribution in [1.29, 1.82) is 0 Å². The molecule has 102 valence electrons. The number of benzene rings is 1. The van der Waals surface area contributed by atoms with Crippen LogP contribution in [0, 0.1) is 17.6 Å². The van der Waals surface area contributed by atoms with E-state index in [1.807, 2.05) is 13.8 Å². The summed E-state index contributed by atoms with van der Waals surface area (Å²) in [6.07, 6.45) is 3.07. The Morgan fingerprint density at radius 2 is 1.95 bits per heavy atom. The van der Waals surface area contributed by atoms with Crippen molar-refractivity contribution in [2.45, 2.75) is 19.9 Å². The van der Waals surface area contributed by atoms with Gasteiger partial charge in [0.05, 0.1) is 28.4 Å². The monoisotopic (exact) mass is 329 g/mol. The lowest BCUT2D eigenvalue weighted by atomic mass is 10.0. The number of nitrogens with two attached hydrogens (primary N) is 1. The van der Waals surface area contributed by atoms with Gasteiger partial charge < -0.3 is 5.73 Å². The summed E-state index contributed by atoms with van der Waals surface area (Å²) in [4.78, 5) is 4.00. The molecule has 1 unspecified atom stereocenters. The Bertz CT molecular complexity index is 596. The van der Waals surface area contributed by atoms with Gasteiger partial charge in [-0.1, -0.05) is 13.8 Å². The summed E-state index contributed by atoms with van der Waals surface area (Å²) >= 11 is 3.05. The molecule has 0 saturated carbocycles. The second-order valence-corrected chi connectivity index (χ2v) is 5.53. The summed E-state index contributed by atoms with van der Waals surface area (Å²) < 4.78 is 28.9. The summed E-state index contributed by atoms with van der Waals surface area (Å²) in [5.41, 5.74) is 6.98. The molecule has 3 nitrogen and oxygen atoms in total. The van der Waals surface area contributed by atoms with Gasteiger partial charge in [-0.2, -0.15) is 0 Å². The Hall–Kier alpha value is -1.27. The first-order chi connectivity index (χ1) is 8.91. The molecule has 2 rings (SSSR count). The van der Waals surface area contributed by atoms with Gasteiger partial charge >= 0.3 is 0 Å². The van der Waals surface area contributed by atoms with Crippen molar-refractivity contribution >= 4 is 15.9 Å². The lowest BCUT2D eigenvalue weighted by Crippen LogP contribution is -2.20. The molecular weight excluding hydrogens is 316 g/mol. The number of imidazole rings is 1. The third kappa shape index (κ3) is 2.69. The predicted molar refractivity (Wildman–Crippen MR) is 72.9 cm³/mol. The number of aromatic nitrogens is 2. The topological polar surface area (TPSA) is 43.8 Å². The summed E-state index contributed by atoms with van der Waals surface area (Å²) in [5.74, 6) is -1.12. The smallest absolute Gasteiger partial charge is 0.150 e. The van der Waals surface area contributed by atoms with Crippen molar-refractivity contribution < 1.29 is 8.78 Å². The maximum Gasteiger partial charge on any atom is 0.150 e. The van der Waals surface area contributed by atoms with Gasteiger partial charge in [0.25, 0.3) is 0 Å². The maximum atomic E-state index is 13.9. The average molecular weight is 330 g/mol. The number of nitrogens with zero attached hydrogens (tertiary/aromatic N) is 2. The molecule has 0 aliphatic rings. The molecule has 1 heterocycles. The molecule has 1 aromatic heterocycles. The molecule has 0 amide bonds. The van der Waals surface area contributed by atoms with Crippen LogP contribution < -0.4 is 5.73 Å². The molecule has 0 aliphatic heterocycles. The highest BCUT2D eigenvalue weighted by atomic mass is 79.9. The van der Waals surface area contributed by atoms with Crippen molar-refractivity contribution in [2.75, 3.05) is 0 Å². The van der Waals surface area contributed by atoms with Gasteiger partial charge in [-0.25, -0.2) is 13.8 Å². The normalized spacial score (nSPS) is 13.0. The molecule has 0 bridgehead atoms. The van der Waals surface area contributed by atoms with Crippen LogP contribution in [0.15, 0.2) is 29.1 Å². The summed E-state index contributed by atoms with van der Waals surface area (Å²) in [7, 11) is 0. The van der Waals surface area contributed by atoms with E-state index in [0.717, 1.165) is 6.07 Å². The average Bonchev–Trinajstić information content (AvgIpc) is 2.81. The molecule has 19 heavy (non-hydrogen) atoms. The quantitative estimate of drug-likeness (QED) is 0.875. The molecular formula is C13H14BrF2N3. The predicted octanol–water partition coefficient (Wildman–Crippen LogP) is 3.57. The lowest BCUT2D eigenvalue weighted by molar-refractivity contribution is 0.493. The molecule has 2 aromatic rings. The third-order valence-corrected chi connectivity index (χ3v) is 3.58. The van der Waals surface area contributed by atoms with Crippen LogP contribution >= 0.6 is 15.9 Å². The number of rotatable bonds is 3. The van der Waals surface area contributed by atoms with E-state index in [-0.39, 0.29) is 22.1 Å². The second-order valence-electron chi connectivity index (χ2n) is 4.68. The third-order valence-electron chi connectivity index (χ3n) is 2.98. The van der Waals surface area contributed by atoms with Gasteiger partial charge in [-0.3, -0.25) is 4.57 Å². The molecule has 0 radical (unpaired) electrons. The Morgan fingerprint density at radius 1 is 1.26 bits per heavy atom. The van der Waals surface area contributed by atoms with Gasteiger partial charge in [0.2, 0.25) is 0 Å². The number of halogens is 3. The van der Waals surface area contributed by atoms with Crippen LogP contribution in [-0.4, -0.2) is 9.55 Å². The van der Waals surface area contributed by atoms with E-state index in [4.69, 9.17) is 5.73 Å². The van der Waals surface area contributed by atoms with E-state index < -0.39 is 11.6 Å². The van der Waals surface area contributed by atoms with E-state index >= 15 is 0 Å². The molecule has 6 heteroatoms. The van der Waals surface area contributed by atoms with Crippen LogP contribution in [0.25, 0.3) is 5.69 Å². The minimum absolute atomic E-state index is 0.183. The van der Waals surface area contributed by atoms with Crippen molar-refractivity contribution in [3.05, 3.63) is 46.5 Å². The second kappa shape index (κ2) is 5.38. The van der Waals surface area contributed by atoms with Crippen LogP contribution in [0.1, 0.15) is 25.6 Å². The van der Waals surface area contributed by atoms with Crippen LogP contribution in [0.4, 0.5) is 8.78 Å². The van der Waals surface area contributed by atoms with E-state index in [0.29, 0.717) is 5.69 Å². The van der Waals surface area contributed by atoms with Crippen LogP contribution in [0.5, 0.6) is 0 Å². The highest BCUT2D eigenvalue weighted by molar-refractivity contribution is 9.10. The first kappa shape index (κ1) is 14.1. The zero-order valence-electron chi connectivity index (χ0n) is 10.6. The maximum absolute atomic E-state index is 13.9. The fraction of sp³-hybridized carbons (Fsp3) is 0.308. The van der Waals surface area contributed by atoms with Crippen LogP contribution in [0.2, 0.25) is 0 Å². The largest absolute Gasteiger partial charge is 0.322 e. The lowest BCUT2D eigenvalue weighted by Gasteiger charge is -2.18. The van der Waals surface area contributed by atoms with Gasteiger partial charge in [-0.15, -0.1) is 0 Å². The van der Waals surface area contributed by atoms with Crippen LogP contribution in [0.3, 0.4) is 0 Å². The zero-order valence-corrected chi connectivity index (χ0v) is 12.2. The molecule has 1 aromatic carbocycles. The fourth-order valence-electron chi connectivity index (χ4n) is 1.79. The molecule has 0 aliphatic carbocycles. The SMILES string of the molecule is CC(C)C(N)c1cncn1-c1cc(Br)c(F)cc1F. The van der Waals surface area contributed by atoms with Crippen molar-refractivity contribution in [3.63, 3.8) is 0 Å². The van der Waals surface area contributed by atoms with E-state index in [1.165, 1.54) is 12.4 Å². The van der Waals surface area contributed by atoms with E-state index in [9.17, 15) is 8.78 Å². The first-order valence-corrected chi connectivity index (χ1v) is 6.64. The standard InChI is InChI=1S/C13H14BrF2N3/c1-7(2)13(17)12-5-18-6-19(12)11-3-8(14)9(15)4-10(11)16/h3-7,13H,17H2,1-2H3. The fourth-order valence-corrected chi connectivity index (χ4v) is 2.12. The van der Waals surface area contributed by atoms with Crippen molar-refractivity contribution in [1.82, 2.24) is 9.55 Å². The van der Waals surface area contributed by atoms with E-state index in [1.54, 1.807) is 10.8 Å². The summed E-state index contributed by atoms with van der Waals surface area (Å²) in [6, 6.07) is 1.94. The first-order valence-electron chi connectivity index (χ1n) is 5.84. The molecule has 0 saturated heterocycles. The Balaban J connectivity index is 2.55. The number of hydrogen-bond acceptors (Lipinski definition) is 2. The Labute approximate surface area is 118 Å². The zero-order chi connectivity index (χ0) is 14.2. The summed E-state index contributed by atoms with van der Waals surface area (Å²) in [5, 5.41) is 0. The van der Waals surface area contributed by atoms with Gasteiger partial charge in [0.1, 0.15) is 11.6 Å².